The number of fused-ring (bicyclic) bond motifs is 1. The first kappa shape index (κ1) is 33.3. The molecule has 3 aliphatic rings. The number of amides is 2. The smallest absolute Gasteiger partial charge is 0.497 e. The van der Waals surface area contributed by atoms with Crippen LogP contribution >= 0.6 is 0 Å². The average molecular weight is 613 g/mol. The van der Waals surface area contributed by atoms with Crippen LogP contribution in [0.25, 0.3) is 0 Å². The molecular formula is C31H36F3KN2O5. The van der Waals surface area contributed by atoms with E-state index >= 15 is 0 Å². The minimum atomic E-state index is -5.07. The predicted molar refractivity (Wildman–Crippen MR) is 145 cm³/mol. The molecule has 0 aromatic heterocycles. The summed E-state index contributed by atoms with van der Waals surface area (Å²) in [7, 11) is 1.50. The van der Waals surface area contributed by atoms with Crippen molar-refractivity contribution in [3.05, 3.63) is 66.1 Å². The number of para-hydroxylation sites is 1. The summed E-state index contributed by atoms with van der Waals surface area (Å²) in [6, 6.07) is 13.4. The first-order valence-corrected chi connectivity index (χ1v) is 14.1. The summed E-state index contributed by atoms with van der Waals surface area (Å²) in [6.45, 7) is 1.31. The van der Waals surface area contributed by atoms with Gasteiger partial charge in [-0.1, -0.05) is 43.2 Å². The van der Waals surface area contributed by atoms with E-state index in [1.165, 1.54) is 7.11 Å². The van der Waals surface area contributed by atoms with Crippen LogP contribution in [-0.4, -0.2) is 72.3 Å². The molecule has 0 spiro atoms. The monoisotopic (exact) mass is 612 g/mol. The van der Waals surface area contributed by atoms with Gasteiger partial charge >= 0.3 is 63.5 Å². The van der Waals surface area contributed by atoms with E-state index in [2.05, 4.69) is 0 Å². The number of methoxy groups -OCH3 is 1. The van der Waals surface area contributed by atoms with Crippen molar-refractivity contribution < 1.29 is 88.4 Å². The predicted octanol–water partition coefficient (Wildman–Crippen LogP) is 2.19. The number of carbonyl (C=O) groups excluding carboxylic acids is 2. The first-order valence-electron chi connectivity index (χ1n) is 14.1. The summed E-state index contributed by atoms with van der Waals surface area (Å²) < 4.78 is 59.0. The Kier molecular flexibility index (Phi) is 11.4. The number of halogens is 3. The van der Waals surface area contributed by atoms with Crippen LogP contribution in [0, 0.1) is 11.8 Å². The number of hydrogen-bond donors (Lipinski definition) is 0. The van der Waals surface area contributed by atoms with E-state index in [0.717, 1.165) is 30.6 Å². The Morgan fingerprint density at radius 1 is 1.05 bits per heavy atom. The summed E-state index contributed by atoms with van der Waals surface area (Å²) in [6.07, 6.45) is -1.02. The van der Waals surface area contributed by atoms with Gasteiger partial charge in [0.25, 0.3) is 5.91 Å². The molecule has 42 heavy (non-hydrogen) atoms. The van der Waals surface area contributed by atoms with Gasteiger partial charge in [-0.2, -0.15) is 25.5 Å². The zero-order valence-corrected chi connectivity index (χ0v) is 27.4. The quantitative estimate of drug-likeness (QED) is 0.304. The molecule has 0 bridgehead atoms. The maximum absolute atomic E-state index is 13.9. The molecule has 0 unspecified atom stereocenters. The summed E-state index contributed by atoms with van der Waals surface area (Å²) in [5.41, 5.74) is 0.525. The Bertz CT molecular complexity index is 1200. The molecule has 5 rings (SSSR count). The van der Waals surface area contributed by atoms with E-state index < -0.39 is 30.2 Å². The van der Waals surface area contributed by atoms with Gasteiger partial charge in [0.1, 0.15) is 11.5 Å². The van der Waals surface area contributed by atoms with Crippen molar-refractivity contribution in [1.29, 1.82) is 0 Å². The minimum absolute atomic E-state index is 0. The third-order valence-electron chi connectivity index (χ3n) is 8.43. The second-order valence-electron chi connectivity index (χ2n) is 11.2. The number of likely N-dealkylation sites (tertiary alicyclic amines) is 1. The largest absolute Gasteiger partial charge is 1.00 e. The van der Waals surface area contributed by atoms with Gasteiger partial charge in [-0.15, -0.1) is 0 Å². The number of rotatable bonds is 10. The SMILES string of the molecule is COc1ccc(CN(C(=O)C(F)(F)F)[C@H]2C[C@@H](C)N(C(=O)COc3ccccc3)[C@H]2CO[C@@H]2CC[C-]3C[C@H]3C2)cc1.[K+]. The van der Waals surface area contributed by atoms with Gasteiger partial charge in [-0.25, -0.2) is 6.42 Å². The molecule has 2 aliphatic carbocycles. The first-order chi connectivity index (χ1) is 19.6. The van der Waals surface area contributed by atoms with Crippen LogP contribution in [0.3, 0.4) is 0 Å². The Hall–Kier alpha value is -1.63. The molecule has 2 aromatic carbocycles. The maximum Gasteiger partial charge on any atom is 1.00 e. The van der Waals surface area contributed by atoms with Gasteiger partial charge in [-0.3, -0.25) is 9.59 Å². The van der Waals surface area contributed by atoms with E-state index in [1.54, 1.807) is 66.3 Å². The van der Waals surface area contributed by atoms with Crippen molar-refractivity contribution in [2.75, 3.05) is 20.3 Å². The number of alkyl halides is 3. The average Bonchev–Trinajstić information content (AvgIpc) is 3.67. The van der Waals surface area contributed by atoms with Crippen molar-refractivity contribution in [1.82, 2.24) is 9.80 Å². The van der Waals surface area contributed by atoms with Crippen LogP contribution in [0.2, 0.25) is 0 Å². The molecule has 2 aromatic rings. The van der Waals surface area contributed by atoms with E-state index in [-0.39, 0.29) is 89.6 Å². The third-order valence-corrected chi connectivity index (χ3v) is 8.43. The van der Waals surface area contributed by atoms with Gasteiger partial charge in [0, 0.05) is 12.6 Å². The number of nitrogens with zero attached hydrogens (tertiary/aromatic N) is 2. The van der Waals surface area contributed by atoms with E-state index in [1.807, 2.05) is 6.07 Å². The molecule has 1 saturated heterocycles. The minimum Gasteiger partial charge on any atom is -0.497 e. The van der Waals surface area contributed by atoms with E-state index in [9.17, 15) is 22.8 Å². The normalized spacial score (nSPS) is 25.3. The van der Waals surface area contributed by atoms with Crippen molar-refractivity contribution in [2.45, 2.75) is 76.0 Å². The van der Waals surface area contributed by atoms with Gasteiger partial charge in [0.2, 0.25) is 0 Å². The molecule has 0 N–H and O–H groups in total. The Morgan fingerprint density at radius 2 is 1.76 bits per heavy atom. The van der Waals surface area contributed by atoms with Crippen molar-refractivity contribution >= 4 is 11.8 Å². The second kappa shape index (κ2) is 14.4. The van der Waals surface area contributed by atoms with Crippen LogP contribution in [0.15, 0.2) is 54.6 Å². The number of hydrogen-bond acceptors (Lipinski definition) is 5. The van der Waals surface area contributed by atoms with Crippen LogP contribution in [0.1, 0.15) is 44.6 Å². The van der Waals surface area contributed by atoms with Gasteiger partial charge in [-0.05, 0) is 43.2 Å². The summed E-state index contributed by atoms with van der Waals surface area (Å²) in [5.74, 6) is 0.921. The fraction of sp³-hybridized carbons (Fsp3) is 0.516. The summed E-state index contributed by atoms with van der Waals surface area (Å²) >= 11 is 0. The fourth-order valence-corrected chi connectivity index (χ4v) is 6.24. The molecule has 222 valence electrons. The third kappa shape index (κ3) is 8.09. The van der Waals surface area contributed by atoms with Gasteiger partial charge in [0.05, 0.1) is 31.9 Å². The molecule has 0 radical (unpaired) electrons. The Morgan fingerprint density at radius 3 is 2.40 bits per heavy atom. The number of carbonyl (C=O) groups is 2. The topological polar surface area (TPSA) is 68.3 Å². The number of ether oxygens (including phenoxy) is 3. The Labute approximate surface area is 287 Å². The van der Waals surface area contributed by atoms with Crippen molar-refractivity contribution in [2.24, 2.45) is 5.92 Å². The van der Waals surface area contributed by atoms with Crippen LogP contribution in [-0.2, 0) is 20.9 Å². The fourth-order valence-electron chi connectivity index (χ4n) is 6.24. The molecule has 7 nitrogen and oxygen atoms in total. The molecule has 5 atom stereocenters. The van der Waals surface area contributed by atoms with Crippen LogP contribution in [0.5, 0.6) is 11.5 Å². The van der Waals surface area contributed by atoms with Gasteiger partial charge < -0.3 is 29.9 Å². The summed E-state index contributed by atoms with van der Waals surface area (Å²) in [5, 5.41) is 0. The van der Waals surface area contributed by atoms with Crippen LogP contribution in [0.4, 0.5) is 13.2 Å². The van der Waals surface area contributed by atoms with E-state index in [0.29, 0.717) is 23.0 Å². The zero-order valence-electron chi connectivity index (χ0n) is 24.3. The maximum atomic E-state index is 13.9. The molecular weight excluding hydrogens is 576 g/mol. The molecule has 2 amide bonds. The zero-order chi connectivity index (χ0) is 29.1. The molecule has 2 saturated carbocycles. The van der Waals surface area contributed by atoms with Crippen LogP contribution < -0.4 is 60.9 Å². The second-order valence-corrected chi connectivity index (χ2v) is 11.2. The molecule has 3 fully saturated rings. The summed E-state index contributed by atoms with van der Waals surface area (Å²) in [4.78, 5) is 28.8. The molecule has 1 aliphatic heterocycles. The standard InChI is InChI=1S/C31H36F3N2O5.K/c1-20-14-27(35(30(38)31(32,33)34)17-21-8-11-24(39-2)12-9-21)28(18-40-26-13-10-22-15-23(22)16-26)36(20)29(37)19-41-25-6-4-3-5-7-25;/h3-9,11-12,20,23,26-28H,10,13-19H2,1-2H3;/q-1;+1/t20-,23+,26-,27+,28+;/m1./s1. The Balaban J connectivity index is 0.00000405. The molecule has 1 heterocycles. The van der Waals surface area contributed by atoms with E-state index in [4.69, 9.17) is 14.2 Å². The van der Waals surface area contributed by atoms with Crippen molar-refractivity contribution in [3.8, 4) is 11.5 Å². The van der Waals surface area contributed by atoms with Gasteiger partial charge in [0.15, 0.2) is 6.61 Å². The number of benzene rings is 2. The van der Waals surface area contributed by atoms with Crippen molar-refractivity contribution in [3.63, 3.8) is 0 Å². The molecule has 11 heteroatoms.